The van der Waals surface area contributed by atoms with Crippen molar-refractivity contribution in [2.24, 2.45) is 11.8 Å². The lowest BCUT2D eigenvalue weighted by atomic mass is 9.80. The highest BCUT2D eigenvalue weighted by molar-refractivity contribution is 5.99. The number of phenols is 1. The van der Waals surface area contributed by atoms with Gasteiger partial charge in [-0.05, 0) is 67.7 Å². The van der Waals surface area contributed by atoms with Gasteiger partial charge in [0.1, 0.15) is 18.1 Å². The number of hydrogen-bond acceptors (Lipinski definition) is 6. The van der Waals surface area contributed by atoms with Crippen molar-refractivity contribution in [3.05, 3.63) is 53.3 Å². The minimum atomic E-state index is -1.17. The number of ether oxygens (including phenoxy) is 2. The molecule has 38 heavy (non-hydrogen) atoms. The number of hydrogen-bond donors (Lipinski definition) is 3. The molecule has 1 atom stereocenters. The van der Waals surface area contributed by atoms with Crippen LogP contribution in [0, 0.1) is 17.7 Å². The molecule has 10 heteroatoms. The Morgan fingerprint density at radius 3 is 2.47 bits per heavy atom. The van der Waals surface area contributed by atoms with E-state index in [1.165, 1.54) is 13.0 Å². The number of phenolic OH excluding ortho intramolecular Hbond substituents is 1. The summed E-state index contributed by atoms with van der Waals surface area (Å²) in [4.78, 5) is 36.8. The predicted octanol–water partition coefficient (Wildman–Crippen LogP) is 3.73. The number of carbonyl (C=O) groups is 3. The maximum atomic E-state index is 14.2. The third-order valence-electron chi connectivity index (χ3n) is 7.21. The van der Waals surface area contributed by atoms with Gasteiger partial charge in [0, 0.05) is 26.1 Å². The molecular formula is C28H33FN2O7. The monoisotopic (exact) mass is 528 g/mol. The normalized spacial score (nSPS) is 19.5. The van der Waals surface area contributed by atoms with E-state index in [0.717, 1.165) is 32.1 Å². The average molecular weight is 529 g/mol. The second kappa shape index (κ2) is 12.1. The number of amides is 2. The summed E-state index contributed by atoms with van der Waals surface area (Å²) in [5, 5.41) is 21.1. The van der Waals surface area contributed by atoms with Crippen LogP contribution >= 0.6 is 0 Å². The van der Waals surface area contributed by atoms with Gasteiger partial charge in [-0.15, -0.1) is 0 Å². The van der Waals surface area contributed by atoms with Crippen LogP contribution < -0.4 is 14.8 Å². The molecule has 2 amide bonds. The number of carboxylic acids is 1. The lowest BCUT2D eigenvalue weighted by molar-refractivity contribution is -0.142. The summed E-state index contributed by atoms with van der Waals surface area (Å²) >= 11 is 0. The maximum Gasteiger partial charge on any atom is 0.329 e. The Balaban J connectivity index is 1.18. The maximum absolute atomic E-state index is 14.2. The van der Waals surface area contributed by atoms with Gasteiger partial charge in [-0.3, -0.25) is 9.59 Å². The van der Waals surface area contributed by atoms with Crippen molar-refractivity contribution in [3.8, 4) is 17.2 Å². The number of halogens is 1. The number of rotatable bonds is 11. The number of aliphatic carboxylic acids is 1. The Morgan fingerprint density at radius 2 is 1.79 bits per heavy atom. The molecule has 1 fully saturated rings. The Kier molecular flexibility index (Phi) is 8.70. The Labute approximate surface area is 220 Å². The number of aromatic hydroxyl groups is 1. The Hall–Kier alpha value is -3.82. The van der Waals surface area contributed by atoms with Gasteiger partial charge in [0.2, 0.25) is 5.91 Å². The SMILES string of the molecule is CC(=O)N[C@@H](COc1cccc(OCCC2CCC(CN3Cc4ccc(O)c(F)c4C3=O)CC2)c1)C(=O)O. The topological polar surface area (TPSA) is 125 Å². The molecule has 0 spiro atoms. The van der Waals surface area contributed by atoms with Crippen LogP contribution in [0.2, 0.25) is 0 Å². The third kappa shape index (κ3) is 6.73. The standard InChI is InChI=1S/C28H33FN2O7/c1-17(32)30-23(28(35)36)16-38-22-4-2-3-21(13-22)37-12-11-18-5-7-19(8-6-18)14-31-15-20-9-10-24(33)26(29)25(20)27(31)34/h2-4,9-10,13,18-19,23,33H,5-8,11-12,14-16H2,1H3,(H,30,32)(H,35,36)/t18?,19?,23-/m0/s1. The van der Waals surface area contributed by atoms with Gasteiger partial charge in [-0.2, -0.15) is 0 Å². The summed E-state index contributed by atoms with van der Waals surface area (Å²) in [5.41, 5.74) is 0.625. The Morgan fingerprint density at radius 1 is 1.11 bits per heavy atom. The fourth-order valence-corrected chi connectivity index (χ4v) is 5.16. The van der Waals surface area contributed by atoms with E-state index < -0.39 is 29.5 Å². The van der Waals surface area contributed by atoms with Gasteiger partial charge in [0.25, 0.3) is 5.91 Å². The van der Waals surface area contributed by atoms with E-state index >= 15 is 0 Å². The van der Waals surface area contributed by atoms with Gasteiger partial charge >= 0.3 is 5.97 Å². The first-order chi connectivity index (χ1) is 18.2. The fraction of sp³-hybridized carbons (Fsp3) is 0.464. The van der Waals surface area contributed by atoms with E-state index in [9.17, 15) is 29.0 Å². The van der Waals surface area contributed by atoms with Crippen molar-refractivity contribution in [1.29, 1.82) is 0 Å². The zero-order chi connectivity index (χ0) is 27.2. The average Bonchev–Trinajstić information content (AvgIpc) is 3.20. The molecular weight excluding hydrogens is 495 g/mol. The van der Waals surface area contributed by atoms with Crippen LogP contribution in [0.3, 0.4) is 0 Å². The van der Waals surface area contributed by atoms with E-state index in [0.29, 0.717) is 48.6 Å². The molecule has 0 radical (unpaired) electrons. The molecule has 2 aromatic carbocycles. The lowest BCUT2D eigenvalue weighted by Crippen LogP contribution is -2.43. The quantitative estimate of drug-likeness (QED) is 0.406. The molecule has 4 rings (SSSR count). The van der Waals surface area contributed by atoms with E-state index in [4.69, 9.17) is 9.47 Å². The fourth-order valence-electron chi connectivity index (χ4n) is 5.16. The zero-order valence-corrected chi connectivity index (χ0v) is 21.3. The van der Waals surface area contributed by atoms with Crippen LogP contribution in [0.5, 0.6) is 17.2 Å². The molecule has 0 aromatic heterocycles. The van der Waals surface area contributed by atoms with Crippen molar-refractivity contribution >= 4 is 17.8 Å². The molecule has 204 valence electrons. The first-order valence-corrected chi connectivity index (χ1v) is 12.9. The zero-order valence-electron chi connectivity index (χ0n) is 21.3. The molecule has 0 unspecified atom stereocenters. The molecule has 3 N–H and O–H groups in total. The minimum absolute atomic E-state index is 0.000246. The number of carboxylic acid groups (broad SMARTS) is 1. The number of nitrogens with zero attached hydrogens (tertiary/aromatic N) is 1. The number of fused-ring (bicyclic) bond motifs is 1. The molecule has 1 aliphatic heterocycles. The molecule has 2 aliphatic rings. The van der Waals surface area contributed by atoms with Gasteiger partial charge in [0.15, 0.2) is 17.6 Å². The number of benzene rings is 2. The first kappa shape index (κ1) is 27.2. The molecule has 1 heterocycles. The summed E-state index contributed by atoms with van der Waals surface area (Å²) in [6.07, 6.45) is 4.92. The summed E-state index contributed by atoms with van der Waals surface area (Å²) in [6.45, 7) is 2.56. The molecule has 1 aliphatic carbocycles. The van der Waals surface area contributed by atoms with Gasteiger partial charge in [0.05, 0.1) is 12.2 Å². The second-order valence-corrected chi connectivity index (χ2v) is 10.0. The van der Waals surface area contributed by atoms with Crippen molar-refractivity contribution in [3.63, 3.8) is 0 Å². The predicted molar refractivity (Wildman–Crippen MR) is 136 cm³/mol. The molecule has 0 bridgehead atoms. The number of nitrogens with one attached hydrogen (secondary N) is 1. The van der Waals surface area contributed by atoms with Crippen LogP contribution in [0.1, 0.15) is 54.9 Å². The van der Waals surface area contributed by atoms with Crippen molar-refractivity contribution < 1.29 is 38.5 Å². The van der Waals surface area contributed by atoms with E-state index in [2.05, 4.69) is 5.32 Å². The number of carbonyl (C=O) groups excluding carboxylic acids is 2. The second-order valence-electron chi connectivity index (χ2n) is 10.0. The summed E-state index contributed by atoms with van der Waals surface area (Å²) in [6, 6.07) is 8.72. The van der Waals surface area contributed by atoms with Crippen LogP contribution in [0.15, 0.2) is 36.4 Å². The Bertz CT molecular complexity index is 1180. The van der Waals surface area contributed by atoms with Gasteiger partial charge < -0.3 is 29.9 Å². The van der Waals surface area contributed by atoms with Crippen molar-refractivity contribution in [2.75, 3.05) is 19.8 Å². The summed E-state index contributed by atoms with van der Waals surface area (Å²) in [7, 11) is 0. The third-order valence-corrected chi connectivity index (χ3v) is 7.21. The van der Waals surface area contributed by atoms with Crippen LogP contribution in [0.25, 0.3) is 0 Å². The summed E-state index contributed by atoms with van der Waals surface area (Å²) < 4.78 is 25.6. The molecule has 1 saturated carbocycles. The highest BCUT2D eigenvalue weighted by Gasteiger charge is 2.34. The van der Waals surface area contributed by atoms with Crippen LogP contribution in [-0.4, -0.2) is 58.7 Å². The smallest absolute Gasteiger partial charge is 0.329 e. The highest BCUT2D eigenvalue weighted by Crippen LogP contribution is 2.35. The van der Waals surface area contributed by atoms with E-state index in [1.54, 1.807) is 35.2 Å². The first-order valence-electron chi connectivity index (χ1n) is 12.9. The van der Waals surface area contributed by atoms with Gasteiger partial charge in [-0.25, -0.2) is 9.18 Å². The van der Waals surface area contributed by atoms with E-state index in [1.807, 2.05) is 0 Å². The largest absolute Gasteiger partial charge is 0.505 e. The minimum Gasteiger partial charge on any atom is -0.505 e. The molecule has 2 aromatic rings. The van der Waals surface area contributed by atoms with Crippen LogP contribution in [-0.2, 0) is 16.1 Å². The molecule has 0 saturated heterocycles. The molecule has 9 nitrogen and oxygen atoms in total. The van der Waals surface area contributed by atoms with Crippen molar-refractivity contribution in [1.82, 2.24) is 10.2 Å². The van der Waals surface area contributed by atoms with E-state index in [-0.39, 0.29) is 18.1 Å². The summed E-state index contributed by atoms with van der Waals surface area (Å²) in [5.74, 6) is -1.33. The highest BCUT2D eigenvalue weighted by atomic mass is 19.1. The lowest BCUT2D eigenvalue weighted by Gasteiger charge is -2.31. The van der Waals surface area contributed by atoms with Crippen molar-refractivity contribution in [2.45, 2.75) is 51.6 Å². The van der Waals surface area contributed by atoms with Crippen LogP contribution in [0.4, 0.5) is 4.39 Å². The van der Waals surface area contributed by atoms with Gasteiger partial charge in [-0.1, -0.05) is 12.1 Å².